The van der Waals surface area contributed by atoms with Gasteiger partial charge in [0.25, 0.3) is 0 Å². The normalized spacial score (nSPS) is 14.6. The fourth-order valence-corrected chi connectivity index (χ4v) is 4.56. The fraction of sp³-hybridized carbons (Fsp3) is 0.280. The predicted molar refractivity (Wildman–Crippen MR) is 134 cm³/mol. The van der Waals surface area contributed by atoms with Gasteiger partial charge in [0.1, 0.15) is 17.8 Å². The Balaban J connectivity index is 1.37. The third kappa shape index (κ3) is 4.99. The number of aromatic amines is 1. The number of fused-ring (bicyclic) bond motifs is 1. The van der Waals surface area contributed by atoms with E-state index in [1.807, 2.05) is 19.2 Å². The Labute approximate surface area is 203 Å². The van der Waals surface area contributed by atoms with Crippen molar-refractivity contribution in [2.45, 2.75) is 13.1 Å². The molecule has 0 atom stereocenters. The van der Waals surface area contributed by atoms with Crippen molar-refractivity contribution in [3.05, 3.63) is 76.0 Å². The topological polar surface area (TPSA) is 57.3 Å². The Hall–Kier alpha value is -2.64. The molecule has 0 bridgehead atoms. The van der Waals surface area contributed by atoms with E-state index < -0.39 is 0 Å². The van der Waals surface area contributed by atoms with E-state index in [1.54, 1.807) is 12.4 Å². The van der Waals surface area contributed by atoms with Gasteiger partial charge in [-0.25, -0.2) is 9.97 Å². The second-order valence-electron chi connectivity index (χ2n) is 8.32. The molecule has 0 radical (unpaired) electrons. The molecule has 0 saturated carbocycles. The minimum Gasteiger partial charge on any atom is -0.379 e. The Bertz CT molecular complexity index is 1250. The smallest absolute Gasteiger partial charge is 0.143 e. The molecule has 1 aliphatic heterocycles. The van der Waals surface area contributed by atoms with E-state index in [1.165, 1.54) is 5.56 Å². The number of morpholine rings is 1. The van der Waals surface area contributed by atoms with E-state index in [2.05, 4.69) is 55.1 Å². The fourth-order valence-electron chi connectivity index (χ4n) is 4.19. The van der Waals surface area contributed by atoms with Crippen LogP contribution in [-0.2, 0) is 17.8 Å². The highest BCUT2D eigenvalue weighted by molar-refractivity contribution is 6.33. The average Bonchev–Trinajstić information content (AvgIpc) is 3.27. The van der Waals surface area contributed by atoms with Gasteiger partial charge in [0, 0.05) is 49.0 Å². The molecule has 2 aromatic heterocycles. The standard InChI is InChI=1S/C25H25Cl2N5O/c1-31(15-19-12-20(26)6-7-22(19)27)25-21-13-23(30-24(21)28-16-29-25)18-4-2-17(3-5-18)14-32-8-10-33-11-9-32/h2-7,12-13,16H,8-11,14-15H2,1H3,(H,28,29,30). The lowest BCUT2D eigenvalue weighted by Crippen LogP contribution is -2.35. The Morgan fingerprint density at radius 2 is 1.82 bits per heavy atom. The molecule has 4 aromatic rings. The summed E-state index contributed by atoms with van der Waals surface area (Å²) in [5.74, 6) is 0.836. The van der Waals surface area contributed by atoms with E-state index in [0.29, 0.717) is 16.6 Å². The van der Waals surface area contributed by atoms with Crippen molar-refractivity contribution < 1.29 is 4.74 Å². The van der Waals surface area contributed by atoms with E-state index in [4.69, 9.17) is 27.9 Å². The second-order valence-corrected chi connectivity index (χ2v) is 9.16. The third-order valence-corrected chi connectivity index (χ3v) is 6.56. The minimum absolute atomic E-state index is 0.586. The molecule has 0 amide bonds. The van der Waals surface area contributed by atoms with Crippen LogP contribution in [0.4, 0.5) is 5.82 Å². The van der Waals surface area contributed by atoms with Gasteiger partial charge >= 0.3 is 0 Å². The SMILES string of the molecule is CN(Cc1cc(Cl)ccc1Cl)c1ncnc2[nH]c(-c3ccc(CN4CCOCC4)cc3)cc12. The first-order valence-corrected chi connectivity index (χ1v) is 11.7. The number of hydrogen-bond acceptors (Lipinski definition) is 5. The van der Waals surface area contributed by atoms with Crippen LogP contribution in [0.25, 0.3) is 22.3 Å². The van der Waals surface area contributed by atoms with Crippen LogP contribution in [0.1, 0.15) is 11.1 Å². The Morgan fingerprint density at radius 3 is 2.61 bits per heavy atom. The quantitative estimate of drug-likeness (QED) is 0.399. The monoisotopic (exact) mass is 481 g/mol. The molecule has 8 heteroatoms. The molecule has 3 heterocycles. The number of aromatic nitrogens is 3. The van der Waals surface area contributed by atoms with Crippen LogP contribution in [0.3, 0.4) is 0 Å². The zero-order valence-corrected chi connectivity index (χ0v) is 19.9. The largest absolute Gasteiger partial charge is 0.379 e. The lowest BCUT2D eigenvalue weighted by molar-refractivity contribution is 0.0342. The first-order valence-electron chi connectivity index (χ1n) is 10.9. The number of anilines is 1. The number of nitrogens with zero attached hydrogens (tertiary/aromatic N) is 4. The van der Waals surface area contributed by atoms with Crippen LogP contribution in [0, 0.1) is 0 Å². The Morgan fingerprint density at radius 1 is 1.03 bits per heavy atom. The summed E-state index contributed by atoms with van der Waals surface area (Å²) in [7, 11) is 1.99. The summed E-state index contributed by atoms with van der Waals surface area (Å²) in [6, 6.07) is 16.3. The Kier molecular flexibility index (Phi) is 6.51. The second kappa shape index (κ2) is 9.69. The number of ether oxygens (including phenoxy) is 1. The van der Waals surface area contributed by atoms with Crippen molar-refractivity contribution in [1.29, 1.82) is 0 Å². The molecule has 1 saturated heterocycles. The maximum absolute atomic E-state index is 6.37. The molecule has 1 aliphatic rings. The number of H-pyrrole nitrogens is 1. The zero-order valence-electron chi connectivity index (χ0n) is 18.4. The summed E-state index contributed by atoms with van der Waals surface area (Å²) in [5, 5.41) is 2.31. The number of nitrogens with one attached hydrogen (secondary N) is 1. The number of rotatable bonds is 6. The van der Waals surface area contributed by atoms with Gasteiger partial charge in [0.05, 0.1) is 18.6 Å². The van der Waals surface area contributed by atoms with Crippen LogP contribution in [0.15, 0.2) is 54.9 Å². The average molecular weight is 482 g/mol. The maximum Gasteiger partial charge on any atom is 0.143 e. The molecule has 0 aliphatic carbocycles. The molecule has 0 spiro atoms. The minimum atomic E-state index is 0.586. The van der Waals surface area contributed by atoms with E-state index >= 15 is 0 Å². The lowest BCUT2D eigenvalue weighted by atomic mass is 10.1. The first kappa shape index (κ1) is 22.2. The van der Waals surface area contributed by atoms with Crippen LogP contribution in [0.2, 0.25) is 10.0 Å². The van der Waals surface area contributed by atoms with Gasteiger partial charge in [-0.3, -0.25) is 4.90 Å². The molecule has 170 valence electrons. The van der Waals surface area contributed by atoms with Crippen molar-refractivity contribution in [3.8, 4) is 11.3 Å². The molecule has 0 unspecified atom stereocenters. The first-order chi connectivity index (χ1) is 16.1. The molecule has 2 aromatic carbocycles. The molecule has 6 nitrogen and oxygen atoms in total. The van der Waals surface area contributed by atoms with Crippen LogP contribution >= 0.6 is 23.2 Å². The van der Waals surface area contributed by atoms with E-state index in [-0.39, 0.29) is 0 Å². The van der Waals surface area contributed by atoms with Crippen LogP contribution in [0.5, 0.6) is 0 Å². The number of hydrogen-bond donors (Lipinski definition) is 1. The lowest BCUT2D eigenvalue weighted by Gasteiger charge is -2.26. The van der Waals surface area contributed by atoms with E-state index in [9.17, 15) is 0 Å². The molecule has 1 N–H and O–H groups in total. The van der Waals surface area contributed by atoms with Crippen LogP contribution < -0.4 is 4.90 Å². The summed E-state index contributed by atoms with van der Waals surface area (Å²) in [5.41, 5.74) is 5.18. The number of halogens is 2. The highest BCUT2D eigenvalue weighted by Crippen LogP contribution is 2.30. The zero-order chi connectivity index (χ0) is 22.8. The summed E-state index contributed by atoms with van der Waals surface area (Å²) >= 11 is 12.5. The van der Waals surface area contributed by atoms with Crippen molar-refractivity contribution in [2.24, 2.45) is 0 Å². The maximum atomic E-state index is 6.37. The van der Waals surface area contributed by atoms with Gasteiger partial charge in [0.15, 0.2) is 0 Å². The predicted octanol–water partition coefficient (Wildman–Crippen LogP) is 5.40. The molecule has 5 rings (SSSR count). The van der Waals surface area contributed by atoms with Crippen molar-refractivity contribution >= 4 is 40.1 Å². The number of benzene rings is 2. The van der Waals surface area contributed by atoms with Gasteiger partial charge < -0.3 is 14.6 Å². The van der Waals surface area contributed by atoms with Gasteiger partial charge in [0.2, 0.25) is 0 Å². The highest BCUT2D eigenvalue weighted by atomic mass is 35.5. The summed E-state index contributed by atoms with van der Waals surface area (Å²) in [4.78, 5) is 16.9. The third-order valence-electron chi connectivity index (χ3n) is 5.96. The molecular formula is C25H25Cl2N5O. The highest BCUT2D eigenvalue weighted by Gasteiger charge is 2.15. The van der Waals surface area contributed by atoms with Gasteiger partial charge in [-0.15, -0.1) is 0 Å². The van der Waals surface area contributed by atoms with Gasteiger partial charge in [-0.05, 0) is 41.0 Å². The summed E-state index contributed by atoms with van der Waals surface area (Å²) in [6.45, 7) is 5.13. The van der Waals surface area contributed by atoms with E-state index in [0.717, 1.165) is 66.5 Å². The van der Waals surface area contributed by atoms with Crippen LogP contribution in [-0.4, -0.2) is 53.2 Å². The summed E-state index contributed by atoms with van der Waals surface area (Å²) < 4.78 is 5.44. The molecular weight excluding hydrogens is 457 g/mol. The van der Waals surface area contributed by atoms with Crippen molar-refractivity contribution in [3.63, 3.8) is 0 Å². The van der Waals surface area contributed by atoms with Gasteiger partial charge in [-0.1, -0.05) is 47.5 Å². The van der Waals surface area contributed by atoms with Crippen molar-refractivity contribution in [1.82, 2.24) is 19.9 Å². The van der Waals surface area contributed by atoms with Gasteiger partial charge in [-0.2, -0.15) is 0 Å². The molecule has 1 fully saturated rings. The van der Waals surface area contributed by atoms with Crippen molar-refractivity contribution in [2.75, 3.05) is 38.3 Å². The molecule has 33 heavy (non-hydrogen) atoms. The summed E-state index contributed by atoms with van der Waals surface area (Å²) in [6.07, 6.45) is 1.58.